The zero-order valence-electron chi connectivity index (χ0n) is 12.8. The Kier molecular flexibility index (Phi) is 6.08. The predicted octanol–water partition coefficient (Wildman–Crippen LogP) is 3.05. The number of ether oxygens (including phenoxy) is 1. The molecule has 0 bridgehead atoms. The summed E-state index contributed by atoms with van der Waals surface area (Å²) in [6, 6.07) is 5.45. The van der Waals surface area contributed by atoms with Crippen LogP contribution in [-0.2, 0) is 14.3 Å². The van der Waals surface area contributed by atoms with Crippen LogP contribution in [0, 0.1) is 16.0 Å². The lowest BCUT2D eigenvalue weighted by molar-refractivity contribution is -0.384. The molecule has 1 aromatic carbocycles. The van der Waals surface area contributed by atoms with E-state index in [2.05, 4.69) is 5.32 Å². The minimum atomic E-state index is -0.516. The Labute approximate surface area is 134 Å². The number of esters is 1. The number of carbonyl (C=O) groups is 2. The van der Waals surface area contributed by atoms with Crippen molar-refractivity contribution in [1.82, 2.24) is 0 Å². The Morgan fingerprint density at radius 3 is 2.48 bits per heavy atom. The second-order valence-electron chi connectivity index (χ2n) is 5.70. The first kappa shape index (κ1) is 16.9. The zero-order valence-corrected chi connectivity index (χ0v) is 12.8. The summed E-state index contributed by atoms with van der Waals surface area (Å²) < 4.78 is 4.94. The summed E-state index contributed by atoms with van der Waals surface area (Å²) in [7, 11) is 0. The maximum Gasteiger partial charge on any atom is 0.306 e. The Balaban J connectivity index is 1.67. The molecule has 2 rings (SSSR count). The smallest absolute Gasteiger partial charge is 0.306 e. The molecule has 124 valence electrons. The number of nitro groups is 1. The van der Waals surface area contributed by atoms with Gasteiger partial charge in [0.1, 0.15) is 0 Å². The van der Waals surface area contributed by atoms with Crippen LogP contribution in [0.5, 0.6) is 0 Å². The molecule has 1 aliphatic rings. The van der Waals surface area contributed by atoms with Gasteiger partial charge >= 0.3 is 5.97 Å². The largest absolute Gasteiger partial charge is 0.456 e. The highest BCUT2D eigenvalue weighted by molar-refractivity contribution is 5.92. The van der Waals surface area contributed by atoms with Gasteiger partial charge in [0.2, 0.25) is 0 Å². The van der Waals surface area contributed by atoms with E-state index in [1.54, 1.807) is 0 Å². The third kappa shape index (κ3) is 5.69. The van der Waals surface area contributed by atoms with Crippen LogP contribution in [0.15, 0.2) is 24.3 Å². The average Bonchev–Trinajstić information content (AvgIpc) is 3.05. The number of benzene rings is 1. The van der Waals surface area contributed by atoms with Crippen LogP contribution in [0.3, 0.4) is 0 Å². The van der Waals surface area contributed by atoms with Gasteiger partial charge in [0.15, 0.2) is 6.61 Å². The van der Waals surface area contributed by atoms with E-state index < -0.39 is 10.8 Å². The highest BCUT2D eigenvalue weighted by Crippen LogP contribution is 2.28. The Hall–Kier alpha value is -2.44. The molecular weight excluding hydrogens is 300 g/mol. The molecule has 0 radical (unpaired) electrons. The molecule has 1 fully saturated rings. The molecule has 1 aromatic rings. The lowest BCUT2D eigenvalue weighted by Gasteiger charge is -2.09. The van der Waals surface area contributed by atoms with Gasteiger partial charge in [-0.1, -0.05) is 25.7 Å². The van der Waals surface area contributed by atoms with Crippen LogP contribution >= 0.6 is 0 Å². The van der Waals surface area contributed by atoms with Crippen LogP contribution in [-0.4, -0.2) is 23.4 Å². The van der Waals surface area contributed by atoms with E-state index in [4.69, 9.17) is 4.74 Å². The summed E-state index contributed by atoms with van der Waals surface area (Å²) in [4.78, 5) is 33.3. The van der Waals surface area contributed by atoms with Gasteiger partial charge in [0, 0.05) is 24.2 Å². The van der Waals surface area contributed by atoms with Crippen molar-refractivity contribution in [1.29, 1.82) is 0 Å². The molecule has 1 saturated carbocycles. The number of hydrogen-bond donors (Lipinski definition) is 1. The van der Waals surface area contributed by atoms with E-state index in [0.29, 0.717) is 18.0 Å². The van der Waals surface area contributed by atoms with E-state index in [-0.39, 0.29) is 18.3 Å². The number of carbonyl (C=O) groups excluding carboxylic acids is 2. The van der Waals surface area contributed by atoms with Crippen molar-refractivity contribution in [3.05, 3.63) is 34.4 Å². The zero-order chi connectivity index (χ0) is 16.7. The monoisotopic (exact) mass is 320 g/mol. The lowest BCUT2D eigenvalue weighted by Crippen LogP contribution is -2.21. The maximum atomic E-state index is 11.7. The van der Waals surface area contributed by atoms with Gasteiger partial charge in [-0.15, -0.1) is 0 Å². The third-order valence-corrected chi connectivity index (χ3v) is 3.96. The predicted molar refractivity (Wildman–Crippen MR) is 83.9 cm³/mol. The summed E-state index contributed by atoms with van der Waals surface area (Å²) in [6.45, 7) is -0.347. The van der Waals surface area contributed by atoms with E-state index in [0.717, 1.165) is 6.42 Å². The fraction of sp³-hybridized carbons (Fsp3) is 0.500. The van der Waals surface area contributed by atoms with Gasteiger partial charge in [0.05, 0.1) is 4.92 Å². The van der Waals surface area contributed by atoms with Gasteiger partial charge in [-0.3, -0.25) is 19.7 Å². The normalized spacial score (nSPS) is 14.4. The first-order valence-corrected chi connectivity index (χ1v) is 7.74. The summed E-state index contributed by atoms with van der Waals surface area (Å²) in [6.07, 6.45) is 5.98. The Bertz CT molecular complexity index is 564. The number of hydrogen-bond acceptors (Lipinski definition) is 5. The van der Waals surface area contributed by atoms with Crippen molar-refractivity contribution in [2.24, 2.45) is 5.92 Å². The number of nitrogens with one attached hydrogen (secondary N) is 1. The number of nitro benzene ring substituents is 1. The number of non-ortho nitro benzene ring substituents is 1. The highest BCUT2D eigenvalue weighted by atomic mass is 16.6. The topological polar surface area (TPSA) is 98.5 Å². The summed E-state index contributed by atoms with van der Waals surface area (Å²) >= 11 is 0. The van der Waals surface area contributed by atoms with Crippen molar-refractivity contribution in [3.63, 3.8) is 0 Å². The van der Waals surface area contributed by atoms with Crippen molar-refractivity contribution in [2.75, 3.05) is 11.9 Å². The lowest BCUT2D eigenvalue weighted by atomic mass is 10.0. The quantitative estimate of drug-likeness (QED) is 0.473. The van der Waals surface area contributed by atoms with Crippen LogP contribution in [0.2, 0.25) is 0 Å². The molecule has 1 amide bonds. The Morgan fingerprint density at radius 2 is 1.87 bits per heavy atom. The van der Waals surface area contributed by atoms with E-state index in [1.165, 1.54) is 49.9 Å². The van der Waals surface area contributed by atoms with Gasteiger partial charge in [0.25, 0.3) is 11.6 Å². The standard InChI is InChI=1S/C16H20N2O5/c19-15(17-13-6-8-14(9-7-13)18(21)22)11-23-16(20)10-5-12-3-1-2-4-12/h6-9,12H,1-5,10-11H2,(H,17,19). The number of rotatable bonds is 7. The van der Waals surface area contributed by atoms with Crippen LogP contribution in [0.4, 0.5) is 11.4 Å². The minimum absolute atomic E-state index is 0.0543. The fourth-order valence-electron chi connectivity index (χ4n) is 2.70. The summed E-state index contributed by atoms with van der Waals surface area (Å²) in [5.74, 6) is -0.222. The molecule has 1 aliphatic carbocycles. The van der Waals surface area contributed by atoms with E-state index >= 15 is 0 Å². The van der Waals surface area contributed by atoms with Gasteiger partial charge in [-0.2, -0.15) is 0 Å². The van der Waals surface area contributed by atoms with Crippen molar-refractivity contribution >= 4 is 23.3 Å². The van der Waals surface area contributed by atoms with Gasteiger partial charge in [-0.05, 0) is 24.5 Å². The second kappa shape index (κ2) is 8.26. The molecule has 0 spiro atoms. The molecule has 7 heteroatoms. The first-order valence-electron chi connectivity index (χ1n) is 7.74. The number of amides is 1. The molecule has 0 aliphatic heterocycles. The fourth-order valence-corrected chi connectivity index (χ4v) is 2.70. The molecule has 7 nitrogen and oxygen atoms in total. The summed E-state index contributed by atoms with van der Waals surface area (Å²) in [5.41, 5.74) is 0.365. The molecule has 0 unspecified atom stereocenters. The van der Waals surface area contributed by atoms with Crippen LogP contribution in [0.1, 0.15) is 38.5 Å². The average molecular weight is 320 g/mol. The van der Waals surface area contributed by atoms with Crippen molar-refractivity contribution < 1.29 is 19.2 Å². The molecule has 0 atom stereocenters. The van der Waals surface area contributed by atoms with Gasteiger partial charge < -0.3 is 10.1 Å². The number of anilines is 1. The maximum absolute atomic E-state index is 11.7. The SMILES string of the molecule is O=C(COC(=O)CCC1CCCC1)Nc1ccc([N+](=O)[O-])cc1. The van der Waals surface area contributed by atoms with Crippen molar-refractivity contribution in [2.45, 2.75) is 38.5 Å². The molecule has 23 heavy (non-hydrogen) atoms. The van der Waals surface area contributed by atoms with Crippen LogP contribution < -0.4 is 5.32 Å². The first-order chi connectivity index (χ1) is 11.0. The van der Waals surface area contributed by atoms with Crippen molar-refractivity contribution in [3.8, 4) is 0 Å². The van der Waals surface area contributed by atoms with E-state index in [9.17, 15) is 19.7 Å². The van der Waals surface area contributed by atoms with Gasteiger partial charge in [-0.25, -0.2) is 0 Å². The Morgan fingerprint density at radius 1 is 1.22 bits per heavy atom. The molecular formula is C16H20N2O5. The third-order valence-electron chi connectivity index (χ3n) is 3.96. The molecule has 0 heterocycles. The second-order valence-corrected chi connectivity index (χ2v) is 5.70. The molecule has 0 aromatic heterocycles. The molecule has 1 N–H and O–H groups in total. The molecule has 0 saturated heterocycles. The van der Waals surface area contributed by atoms with E-state index in [1.807, 2.05) is 0 Å². The minimum Gasteiger partial charge on any atom is -0.456 e. The number of nitrogens with zero attached hydrogens (tertiary/aromatic N) is 1. The highest BCUT2D eigenvalue weighted by Gasteiger charge is 2.17. The van der Waals surface area contributed by atoms with Crippen LogP contribution in [0.25, 0.3) is 0 Å². The summed E-state index contributed by atoms with van der Waals surface area (Å²) in [5, 5.41) is 13.1.